The van der Waals surface area contributed by atoms with Crippen LogP contribution in [0.5, 0.6) is 5.75 Å². The molecule has 4 heterocycles. The average molecular weight is 441 g/mol. The molecule has 4 aromatic rings. The van der Waals surface area contributed by atoms with Crippen LogP contribution >= 0.6 is 0 Å². The number of hydrogen-bond donors (Lipinski definition) is 1. The first-order chi connectivity index (χ1) is 16.2. The molecule has 1 aliphatic rings. The minimum atomic E-state index is -0.0598. The number of carbonyl (C=O) groups is 1. The first-order valence-electron chi connectivity index (χ1n) is 10.7. The molecule has 0 bridgehead atoms. The van der Waals surface area contributed by atoms with E-state index in [1.807, 2.05) is 53.4 Å². The minimum Gasteiger partial charge on any atom is -0.497 e. The van der Waals surface area contributed by atoms with Crippen molar-refractivity contribution in [1.82, 2.24) is 30.3 Å². The Morgan fingerprint density at radius 1 is 0.909 bits per heavy atom. The highest BCUT2D eigenvalue weighted by Crippen LogP contribution is 2.23. The van der Waals surface area contributed by atoms with Crippen LogP contribution in [0, 0.1) is 0 Å². The van der Waals surface area contributed by atoms with Gasteiger partial charge in [0.05, 0.1) is 18.5 Å². The summed E-state index contributed by atoms with van der Waals surface area (Å²) in [5, 5.41) is 15.9. The lowest BCUT2D eigenvalue weighted by molar-refractivity contribution is 0.0740. The van der Waals surface area contributed by atoms with Crippen molar-refractivity contribution in [2.24, 2.45) is 0 Å². The summed E-state index contributed by atoms with van der Waals surface area (Å²) in [7, 11) is 1.62. The Morgan fingerprint density at radius 3 is 2.45 bits per heavy atom. The second-order valence-electron chi connectivity index (χ2n) is 7.69. The lowest BCUT2D eigenvalue weighted by Gasteiger charge is -2.34. The van der Waals surface area contributed by atoms with E-state index in [1.165, 1.54) is 0 Å². The van der Waals surface area contributed by atoms with Crippen LogP contribution in [0.25, 0.3) is 22.5 Å². The molecule has 3 aromatic heterocycles. The molecule has 166 valence electrons. The Kier molecular flexibility index (Phi) is 5.67. The normalized spacial score (nSPS) is 13.7. The predicted octanol–water partition coefficient (Wildman–Crippen LogP) is 2.90. The van der Waals surface area contributed by atoms with Gasteiger partial charge in [0.2, 0.25) is 0 Å². The van der Waals surface area contributed by atoms with Crippen molar-refractivity contribution in [3.8, 4) is 28.3 Å². The van der Waals surface area contributed by atoms with Gasteiger partial charge in [-0.1, -0.05) is 12.1 Å². The molecule has 0 spiro atoms. The van der Waals surface area contributed by atoms with Crippen molar-refractivity contribution in [2.75, 3.05) is 38.2 Å². The van der Waals surface area contributed by atoms with E-state index in [-0.39, 0.29) is 5.91 Å². The molecule has 1 N–H and O–H groups in total. The molecule has 1 aromatic carbocycles. The van der Waals surface area contributed by atoms with Crippen molar-refractivity contribution >= 4 is 11.7 Å². The summed E-state index contributed by atoms with van der Waals surface area (Å²) in [6.07, 6.45) is 3.47. The van der Waals surface area contributed by atoms with Crippen molar-refractivity contribution in [3.05, 3.63) is 72.7 Å². The van der Waals surface area contributed by atoms with Gasteiger partial charge in [-0.2, -0.15) is 5.10 Å². The number of pyridine rings is 1. The van der Waals surface area contributed by atoms with E-state index in [4.69, 9.17) is 4.74 Å². The van der Waals surface area contributed by atoms with Crippen molar-refractivity contribution in [2.45, 2.75) is 0 Å². The second kappa shape index (κ2) is 9.07. The molecule has 9 heteroatoms. The molecule has 33 heavy (non-hydrogen) atoms. The number of anilines is 1. The number of nitrogens with zero attached hydrogens (tertiary/aromatic N) is 6. The molecule has 1 saturated heterocycles. The Labute approximate surface area is 191 Å². The Balaban J connectivity index is 1.21. The topological polar surface area (TPSA) is 100 Å². The highest BCUT2D eigenvalue weighted by Gasteiger charge is 2.24. The number of aromatic nitrogens is 5. The van der Waals surface area contributed by atoms with E-state index in [2.05, 4.69) is 30.3 Å². The zero-order chi connectivity index (χ0) is 22.6. The summed E-state index contributed by atoms with van der Waals surface area (Å²) in [6, 6.07) is 17.1. The third-order valence-electron chi connectivity index (χ3n) is 5.69. The van der Waals surface area contributed by atoms with Gasteiger partial charge in [-0.3, -0.25) is 14.9 Å². The fraction of sp³-hybridized carbons (Fsp3) is 0.208. The fourth-order valence-electron chi connectivity index (χ4n) is 3.84. The maximum Gasteiger partial charge on any atom is 0.272 e. The number of benzene rings is 1. The van der Waals surface area contributed by atoms with Gasteiger partial charge in [0, 0.05) is 49.7 Å². The first-order valence-corrected chi connectivity index (χ1v) is 10.7. The molecule has 0 unspecified atom stereocenters. The van der Waals surface area contributed by atoms with Crippen LogP contribution in [0.15, 0.2) is 67.0 Å². The third kappa shape index (κ3) is 4.38. The quantitative estimate of drug-likeness (QED) is 0.508. The van der Waals surface area contributed by atoms with E-state index < -0.39 is 0 Å². The summed E-state index contributed by atoms with van der Waals surface area (Å²) in [5.41, 5.74) is 3.86. The maximum absolute atomic E-state index is 13.0. The summed E-state index contributed by atoms with van der Waals surface area (Å²) in [5.74, 6) is 1.49. The largest absolute Gasteiger partial charge is 0.497 e. The molecule has 0 radical (unpaired) electrons. The van der Waals surface area contributed by atoms with Gasteiger partial charge in [-0.05, 0) is 42.5 Å². The third-order valence-corrected chi connectivity index (χ3v) is 5.69. The number of rotatable bonds is 5. The van der Waals surface area contributed by atoms with Crippen LogP contribution < -0.4 is 9.64 Å². The predicted molar refractivity (Wildman–Crippen MR) is 124 cm³/mol. The van der Waals surface area contributed by atoms with Crippen LogP contribution in [-0.2, 0) is 0 Å². The molecule has 1 aliphatic heterocycles. The number of amides is 1. The molecule has 9 nitrogen and oxygen atoms in total. The highest BCUT2D eigenvalue weighted by molar-refractivity contribution is 5.93. The highest BCUT2D eigenvalue weighted by atomic mass is 16.5. The number of carbonyl (C=O) groups excluding carboxylic acids is 1. The lowest BCUT2D eigenvalue weighted by Crippen LogP contribution is -2.49. The molecular weight excluding hydrogens is 418 g/mol. The first kappa shape index (κ1) is 20.6. The number of aromatic amines is 1. The molecule has 0 aliphatic carbocycles. The molecule has 0 atom stereocenters. The number of hydrogen-bond acceptors (Lipinski definition) is 7. The van der Waals surface area contributed by atoms with Crippen LogP contribution in [0.4, 0.5) is 5.82 Å². The molecule has 1 fully saturated rings. The number of ether oxygens (including phenoxy) is 1. The standard InChI is InChI=1S/C24H23N7O2/c1-33-19-4-2-3-18(15-19)21-16-22(28-27-21)24(32)31-13-11-30(12-14-31)23-6-5-20(26-29-23)17-7-9-25-10-8-17/h2-10,15-16H,11-14H2,1H3,(H,27,28). The van der Waals surface area contributed by atoms with E-state index in [9.17, 15) is 4.79 Å². The van der Waals surface area contributed by atoms with E-state index in [0.717, 1.165) is 28.4 Å². The van der Waals surface area contributed by atoms with Crippen LogP contribution in [-0.4, -0.2) is 69.5 Å². The average Bonchev–Trinajstić information content (AvgIpc) is 3.39. The molecule has 0 saturated carbocycles. The van der Waals surface area contributed by atoms with Crippen molar-refractivity contribution in [1.29, 1.82) is 0 Å². The Hall–Kier alpha value is -4.27. The van der Waals surface area contributed by atoms with E-state index in [0.29, 0.717) is 37.6 Å². The molecule has 1 amide bonds. The minimum absolute atomic E-state index is 0.0598. The smallest absolute Gasteiger partial charge is 0.272 e. The molecule has 5 rings (SSSR count). The van der Waals surface area contributed by atoms with Crippen LogP contribution in [0.2, 0.25) is 0 Å². The maximum atomic E-state index is 13.0. The van der Waals surface area contributed by atoms with Gasteiger partial charge >= 0.3 is 0 Å². The van der Waals surface area contributed by atoms with Crippen molar-refractivity contribution < 1.29 is 9.53 Å². The summed E-state index contributed by atoms with van der Waals surface area (Å²) < 4.78 is 5.27. The van der Waals surface area contributed by atoms with Gasteiger partial charge in [-0.25, -0.2) is 0 Å². The second-order valence-corrected chi connectivity index (χ2v) is 7.69. The Bertz CT molecular complexity index is 1230. The lowest BCUT2D eigenvalue weighted by atomic mass is 10.1. The van der Waals surface area contributed by atoms with Crippen LogP contribution in [0.1, 0.15) is 10.5 Å². The van der Waals surface area contributed by atoms with Gasteiger partial charge < -0.3 is 14.5 Å². The Morgan fingerprint density at radius 2 is 1.73 bits per heavy atom. The fourth-order valence-corrected chi connectivity index (χ4v) is 3.84. The van der Waals surface area contributed by atoms with Crippen molar-refractivity contribution in [3.63, 3.8) is 0 Å². The zero-order valence-electron chi connectivity index (χ0n) is 18.2. The van der Waals surface area contributed by atoms with Gasteiger partial charge in [0.25, 0.3) is 5.91 Å². The number of methoxy groups -OCH3 is 1. The number of H-pyrrole nitrogens is 1. The zero-order valence-corrected chi connectivity index (χ0v) is 18.2. The van der Waals surface area contributed by atoms with Gasteiger partial charge in [0.15, 0.2) is 5.82 Å². The van der Waals surface area contributed by atoms with Crippen LogP contribution in [0.3, 0.4) is 0 Å². The summed E-state index contributed by atoms with van der Waals surface area (Å²) >= 11 is 0. The monoisotopic (exact) mass is 441 g/mol. The van der Waals surface area contributed by atoms with Gasteiger partial charge in [0.1, 0.15) is 11.4 Å². The SMILES string of the molecule is COc1cccc(-c2cc(C(=O)N3CCN(c4ccc(-c5ccncc5)nn4)CC3)[nH]n2)c1. The number of nitrogens with one attached hydrogen (secondary N) is 1. The van der Waals surface area contributed by atoms with E-state index in [1.54, 1.807) is 25.6 Å². The van der Waals surface area contributed by atoms with E-state index >= 15 is 0 Å². The number of piperazine rings is 1. The van der Waals surface area contributed by atoms with Gasteiger partial charge in [-0.15, -0.1) is 10.2 Å². The summed E-state index contributed by atoms with van der Waals surface area (Å²) in [4.78, 5) is 21.0. The summed E-state index contributed by atoms with van der Waals surface area (Å²) in [6.45, 7) is 2.57. The molecular formula is C24H23N7O2.